The van der Waals surface area contributed by atoms with Gasteiger partial charge < -0.3 is 10.2 Å². The molecular formula is C24H30N4O3S2. The molecule has 0 aliphatic carbocycles. The molecule has 2 heterocycles. The maximum atomic E-state index is 12.4. The van der Waals surface area contributed by atoms with Crippen LogP contribution in [0.25, 0.3) is 10.2 Å². The Bertz CT molecular complexity index is 1240. The molecule has 7 nitrogen and oxygen atoms in total. The van der Waals surface area contributed by atoms with Crippen molar-refractivity contribution >= 4 is 42.4 Å². The summed E-state index contributed by atoms with van der Waals surface area (Å²) in [6.45, 7) is 10.9. The zero-order valence-electron chi connectivity index (χ0n) is 19.3. The lowest BCUT2D eigenvalue weighted by molar-refractivity contribution is 0.0947. The van der Waals surface area contributed by atoms with Gasteiger partial charge in [0.05, 0.1) is 20.9 Å². The van der Waals surface area contributed by atoms with Crippen molar-refractivity contribution in [3.63, 3.8) is 0 Å². The Kier molecular flexibility index (Phi) is 7.02. The molecule has 1 aliphatic rings. The predicted molar refractivity (Wildman–Crippen MR) is 134 cm³/mol. The first kappa shape index (κ1) is 23.7. The van der Waals surface area contributed by atoms with Crippen molar-refractivity contribution in [2.24, 2.45) is 0 Å². The van der Waals surface area contributed by atoms with Gasteiger partial charge in [0.15, 0.2) is 15.0 Å². The van der Waals surface area contributed by atoms with Gasteiger partial charge in [-0.05, 0) is 55.3 Å². The minimum atomic E-state index is -3.25. The third-order valence-electron chi connectivity index (χ3n) is 6.02. The molecule has 9 heteroatoms. The van der Waals surface area contributed by atoms with E-state index >= 15 is 0 Å². The van der Waals surface area contributed by atoms with E-state index in [9.17, 15) is 13.2 Å². The summed E-state index contributed by atoms with van der Waals surface area (Å²) in [5, 5.41) is 4.02. The number of piperazine rings is 1. The monoisotopic (exact) mass is 486 g/mol. The Labute approximate surface area is 199 Å². The van der Waals surface area contributed by atoms with Crippen molar-refractivity contribution in [3.05, 3.63) is 53.1 Å². The highest BCUT2D eigenvalue weighted by atomic mass is 32.2. The van der Waals surface area contributed by atoms with Crippen molar-refractivity contribution in [1.82, 2.24) is 15.2 Å². The average molecular weight is 487 g/mol. The van der Waals surface area contributed by atoms with E-state index in [1.165, 1.54) is 28.0 Å². The second-order valence-corrected chi connectivity index (χ2v) is 11.7. The summed E-state index contributed by atoms with van der Waals surface area (Å²) in [7, 11) is -3.25. The molecule has 1 N–H and O–H groups in total. The smallest absolute Gasteiger partial charge is 0.251 e. The van der Waals surface area contributed by atoms with Crippen LogP contribution >= 0.6 is 11.3 Å². The number of thiazole rings is 1. The van der Waals surface area contributed by atoms with Crippen LogP contribution in [0.3, 0.4) is 0 Å². The Morgan fingerprint density at radius 3 is 2.45 bits per heavy atom. The van der Waals surface area contributed by atoms with Crippen molar-refractivity contribution in [2.75, 3.05) is 49.9 Å². The van der Waals surface area contributed by atoms with Gasteiger partial charge in [0.25, 0.3) is 5.91 Å². The highest BCUT2D eigenvalue weighted by molar-refractivity contribution is 7.91. The lowest BCUT2D eigenvalue weighted by Crippen LogP contribution is -2.48. The van der Waals surface area contributed by atoms with E-state index in [1.54, 1.807) is 30.4 Å². The van der Waals surface area contributed by atoms with Crippen LogP contribution in [0.15, 0.2) is 41.3 Å². The zero-order chi connectivity index (χ0) is 23.6. The second kappa shape index (κ2) is 9.79. The first-order valence-electron chi connectivity index (χ1n) is 11.2. The third kappa shape index (κ3) is 5.37. The highest BCUT2D eigenvalue weighted by Crippen LogP contribution is 2.32. The van der Waals surface area contributed by atoms with Crippen LogP contribution in [0.5, 0.6) is 0 Å². The Morgan fingerprint density at radius 1 is 1.09 bits per heavy atom. The first-order valence-corrected chi connectivity index (χ1v) is 13.7. The molecular weight excluding hydrogens is 456 g/mol. The van der Waals surface area contributed by atoms with Gasteiger partial charge in [0, 0.05) is 44.8 Å². The molecule has 0 unspecified atom stereocenters. The maximum Gasteiger partial charge on any atom is 0.251 e. The number of nitrogens with zero attached hydrogens (tertiary/aromatic N) is 3. The molecule has 33 heavy (non-hydrogen) atoms. The minimum Gasteiger partial charge on any atom is -0.351 e. The molecule has 3 aromatic rings. The molecule has 1 amide bonds. The summed E-state index contributed by atoms with van der Waals surface area (Å²) < 4.78 is 25.1. The molecule has 176 valence electrons. The summed E-state index contributed by atoms with van der Waals surface area (Å²) >= 11 is 1.77. The number of carbonyl (C=O) groups excluding carboxylic acids is 1. The zero-order valence-corrected chi connectivity index (χ0v) is 20.9. The molecule has 0 bridgehead atoms. The fourth-order valence-electron chi connectivity index (χ4n) is 4.07. The van der Waals surface area contributed by atoms with Gasteiger partial charge in [-0.1, -0.05) is 24.3 Å². The van der Waals surface area contributed by atoms with Crippen LogP contribution in [0.2, 0.25) is 0 Å². The van der Waals surface area contributed by atoms with E-state index in [2.05, 4.69) is 41.1 Å². The summed E-state index contributed by atoms with van der Waals surface area (Å²) in [6, 6.07) is 10.5. The topological polar surface area (TPSA) is 82.6 Å². The number of sulfone groups is 1. The van der Waals surface area contributed by atoms with Gasteiger partial charge in [-0.2, -0.15) is 0 Å². The summed E-state index contributed by atoms with van der Waals surface area (Å²) in [5.74, 6) is -0.140. The van der Waals surface area contributed by atoms with E-state index in [0.29, 0.717) is 12.1 Å². The van der Waals surface area contributed by atoms with E-state index in [1.807, 2.05) is 0 Å². The number of aromatic nitrogens is 1. The fourth-order valence-corrected chi connectivity index (χ4v) is 6.02. The van der Waals surface area contributed by atoms with Gasteiger partial charge in [-0.15, -0.1) is 0 Å². The number of anilines is 1. The van der Waals surface area contributed by atoms with E-state index in [0.717, 1.165) is 43.4 Å². The van der Waals surface area contributed by atoms with Crippen LogP contribution in [0.1, 0.15) is 28.4 Å². The third-order valence-corrected chi connectivity index (χ3v) is 9.04. The standard InChI is InChI=1S/C24H30N4O3S2/c1-4-33(30,31)20-7-5-19(6-8-20)23(29)25-9-10-27-11-13-28(14-12-27)24-26-21-16-17(2)15-18(3)22(21)32-24/h5-8,15-16H,4,9-14H2,1-3H3,(H,25,29). The molecule has 1 aromatic heterocycles. The fraction of sp³-hybridized carbons (Fsp3) is 0.417. The molecule has 1 saturated heterocycles. The Balaban J connectivity index is 1.25. The van der Waals surface area contributed by atoms with Crippen molar-refractivity contribution in [1.29, 1.82) is 0 Å². The largest absolute Gasteiger partial charge is 0.351 e. The van der Waals surface area contributed by atoms with Gasteiger partial charge in [0.2, 0.25) is 0 Å². The quantitative estimate of drug-likeness (QED) is 0.552. The number of carbonyl (C=O) groups is 1. The lowest BCUT2D eigenvalue weighted by Gasteiger charge is -2.34. The SMILES string of the molecule is CCS(=O)(=O)c1ccc(C(=O)NCCN2CCN(c3nc4cc(C)cc(C)c4s3)CC2)cc1. The first-order chi connectivity index (χ1) is 15.8. The average Bonchev–Trinajstić information content (AvgIpc) is 3.24. The van der Waals surface area contributed by atoms with Crippen molar-refractivity contribution in [3.8, 4) is 0 Å². The van der Waals surface area contributed by atoms with Crippen LogP contribution in [0.4, 0.5) is 5.13 Å². The van der Waals surface area contributed by atoms with Gasteiger partial charge in [-0.25, -0.2) is 13.4 Å². The highest BCUT2D eigenvalue weighted by Gasteiger charge is 2.20. The normalized spacial score (nSPS) is 15.2. The molecule has 1 aliphatic heterocycles. The van der Waals surface area contributed by atoms with Crippen LogP contribution in [-0.4, -0.2) is 69.2 Å². The van der Waals surface area contributed by atoms with E-state index < -0.39 is 9.84 Å². The minimum absolute atomic E-state index is 0.0457. The number of benzene rings is 2. The number of nitrogens with one attached hydrogen (secondary N) is 1. The van der Waals surface area contributed by atoms with Gasteiger partial charge in [0.1, 0.15) is 0 Å². The number of rotatable bonds is 7. The number of amides is 1. The number of hydrogen-bond donors (Lipinski definition) is 1. The number of hydrogen-bond acceptors (Lipinski definition) is 7. The number of aryl methyl sites for hydroxylation is 2. The molecule has 0 radical (unpaired) electrons. The van der Waals surface area contributed by atoms with E-state index in [4.69, 9.17) is 4.98 Å². The molecule has 0 spiro atoms. The summed E-state index contributed by atoms with van der Waals surface area (Å²) in [4.78, 5) is 22.2. The van der Waals surface area contributed by atoms with Crippen LogP contribution < -0.4 is 10.2 Å². The van der Waals surface area contributed by atoms with Crippen molar-refractivity contribution in [2.45, 2.75) is 25.7 Å². The van der Waals surface area contributed by atoms with Gasteiger partial charge in [-0.3, -0.25) is 9.69 Å². The van der Waals surface area contributed by atoms with E-state index in [-0.39, 0.29) is 16.6 Å². The van der Waals surface area contributed by atoms with Gasteiger partial charge >= 0.3 is 0 Å². The molecule has 2 aromatic carbocycles. The molecule has 1 fully saturated rings. The van der Waals surface area contributed by atoms with Crippen LogP contribution in [0, 0.1) is 13.8 Å². The van der Waals surface area contributed by atoms with Crippen LogP contribution in [-0.2, 0) is 9.84 Å². The Hall–Kier alpha value is -2.49. The predicted octanol–water partition coefficient (Wildman–Crippen LogP) is 3.26. The number of fused-ring (bicyclic) bond motifs is 1. The Morgan fingerprint density at radius 2 is 1.79 bits per heavy atom. The molecule has 0 saturated carbocycles. The molecule has 4 rings (SSSR count). The summed E-state index contributed by atoms with van der Waals surface area (Å²) in [5.41, 5.74) is 4.07. The maximum absolute atomic E-state index is 12.4. The second-order valence-electron chi connectivity index (χ2n) is 8.44. The lowest BCUT2D eigenvalue weighted by atomic mass is 10.1. The van der Waals surface area contributed by atoms with Crippen molar-refractivity contribution < 1.29 is 13.2 Å². The summed E-state index contributed by atoms with van der Waals surface area (Å²) in [6.07, 6.45) is 0. The molecule has 0 atom stereocenters.